The first kappa shape index (κ1) is 22.8. The molecule has 2 fully saturated rings. The Kier molecular flexibility index (Phi) is 5.84. The molecule has 3 aliphatic rings. The number of rotatable bonds is 4. The average Bonchev–Trinajstić information content (AvgIpc) is 3.19. The second-order valence-electron chi connectivity index (χ2n) is 9.23. The first-order valence-corrected chi connectivity index (χ1v) is 11.7. The van der Waals surface area contributed by atoms with Crippen LogP contribution < -0.4 is 5.32 Å². The molecule has 2 aromatic carbocycles. The molecule has 1 atom stereocenters. The Morgan fingerprint density at radius 2 is 1.71 bits per heavy atom. The molecule has 0 saturated carbocycles. The molecule has 9 nitrogen and oxygen atoms in total. The first-order chi connectivity index (χ1) is 16.8. The number of carbonyl (C=O) groups is 5. The van der Waals surface area contributed by atoms with E-state index in [4.69, 9.17) is 0 Å². The van der Waals surface area contributed by atoms with Crippen molar-refractivity contribution < 1.29 is 29.1 Å². The fraction of sp³-hybridized carbons (Fsp3) is 0.346. The van der Waals surface area contributed by atoms with E-state index in [0.717, 1.165) is 11.1 Å². The van der Waals surface area contributed by atoms with Crippen molar-refractivity contribution in [2.45, 2.75) is 44.2 Å². The minimum absolute atomic E-state index is 0.0648. The second-order valence-corrected chi connectivity index (χ2v) is 9.23. The molecule has 2 saturated heterocycles. The maximum absolute atomic E-state index is 13.2. The molecule has 0 bridgehead atoms. The van der Waals surface area contributed by atoms with Crippen molar-refractivity contribution in [3.63, 3.8) is 0 Å². The molecule has 3 aliphatic heterocycles. The maximum Gasteiger partial charge on any atom is 0.335 e. The van der Waals surface area contributed by atoms with Crippen molar-refractivity contribution in [1.82, 2.24) is 15.1 Å². The molecular weight excluding hydrogens is 450 g/mol. The summed E-state index contributed by atoms with van der Waals surface area (Å²) in [5, 5.41) is 11.8. The van der Waals surface area contributed by atoms with E-state index in [9.17, 15) is 29.1 Å². The Labute approximate surface area is 201 Å². The fourth-order valence-corrected chi connectivity index (χ4v) is 5.31. The van der Waals surface area contributed by atoms with Gasteiger partial charge in [-0.1, -0.05) is 24.3 Å². The summed E-state index contributed by atoms with van der Waals surface area (Å²) in [6.45, 7) is 1.25. The highest BCUT2D eigenvalue weighted by molar-refractivity contribution is 6.06. The number of fused-ring (bicyclic) bond motifs is 1. The summed E-state index contributed by atoms with van der Waals surface area (Å²) in [6, 6.07) is 11.3. The van der Waals surface area contributed by atoms with E-state index in [0.29, 0.717) is 42.6 Å². The summed E-state index contributed by atoms with van der Waals surface area (Å²) in [5.74, 6) is -2.17. The molecule has 0 spiro atoms. The maximum atomic E-state index is 13.2. The van der Waals surface area contributed by atoms with Gasteiger partial charge in [0.15, 0.2) is 0 Å². The number of nitrogens with one attached hydrogen (secondary N) is 1. The van der Waals surface area contributed by atoms with Crippen LogP contribution in [0.2, 0.25) is 0 Å². The Morgan fingerprint density at radius 3 is 2.43 bits per heavy atom. The van der Waals surface area contributed by atoms with Crippen LogP contribution in [-0.4, -0.2) is 63.6 Å². The Morgan fingerprint density at radius 1 is 0.971 bits per heavy atom. The number of likely N-dealkylation sites (tertiary alicyclic amines) is 1. The van der Waals surface area contributed by atoms with Crippen molar-refractivity contribution in [1.29, 1.82) is 0 Å². The fourth-order valence-electron chi connectivity index (χ4n) is 5.31. The zero-order valence-corrected chi connectivity index (χ0v) is 19.0. The quantitative estimate of drug-likeness (QED) is 0.653. The summed E-state index contributed by atoms with van der Waals surface area (Å²) in [7, 11) is 0. The van der Waals surface area contributed by atoms with Crippen LogP contribution in [0.5, 0.6) is 0 Å². The van der Waals surface area contributed by atoms with Crippen LogP contribution in [0.3, 0.4) is 0 Å². The van der Waals surface area contributed by atoms with E-state index >= 15 is 0 Å². The Hall–Kier alpha value is -4.01. The van der Waals surface area contributed by atoms with Gasteiger partial charge in [-0.25, -0.2) is 4.79 Å². The van der Waals surface area contributed by atoms with Crippen LogP contribution in [-0.2, 0) is 16.1 Å². The van der Waals surface area contributed by atoms with Crippen molar-refractivity contribution in [2.75, 3.05) is 13.1 Å². The van der Waals surface area contributed by atoms with Gasteiger partial charge < -0.3 is 14.9 Å². The number of piperidine rings is 2. The van der Waals surface area contributed by atoms with Crippen LogP contribution >= 0.6 is 0 Å². The number of hydrogen-bond donors (Lipinski definition) is 2. The molecule has 180 valence electrons. The van der Waals surface area contributed by atoms with Gasteiger partial charge in [-0.3, -0.25) is 24.5 Å². The summed E-state index contributed by atoms with van der Waals surface area (Å²) in [6.07, 6.45) is 1.79. The molecule has 4 amide bonds. The van der Waals surface area contributed by atoms with Crippen LogP contribution in [0, 0.1) is 0 Å². The van der Waals surface area contributed by atoms with Gasteiger partial charge in [-0.05, 0) is 54.5 Å². The second kappa shape index (κ2) is 8.98. The average molecular weight is 476 g/mol. The Balaban J connectivity index is 1.27. The third-order valence-corrected chi connectivity index (χ3v) is 7.19. The number of carboxylic acid groups (broad SMARTS) is 1. The van der Waals surface area contributed by atoms with Crippen LogP contribution in [0.15, 0.2) is 42.5 Å². The number of aromatic carboxylic acids is 1. The van der Waals surface area contributed by atoms with E-state index in [-0.39, 0.29) is 43.0 Å². The van der Waals surface area contributed by atoms with Crippen molar-refractivity contribution in [3.05, 3.63) is 70.3 Å². The molecule has 1 unspecified atom stereocenters. The third-order valence-electron chi connectivity index (χ3n) is 7.19. The highest BCUT2D eigenvalue weighted by atomic mass is 16.4. The van der Waals surface area contributed by atoms with Gasteiger partial charge in [0, 0.05) is 37.2 Å². The number of hydrogen-bond acceptors (Lipinski definition) is 5. The van der Waals surface area contributed by atoms with E-state index in [1.165, 1.54) is 4.90 Å². The predicted octanol–water partition coefficient (Wildman–Crippen LogP) is 2.17. The van der Waals surface area contributed by atoms with Gasteiger partial charge >= 0.3 is 5.97 Å². The molecule has 0 radical (unpaired) electrons. The number of imide groups is 1. The number of nitrogens with zero attached hydrogens (tertiary/aromatic N) is 2. The normalized spacial score (nSPS) is 20.6. The van der Waals surface area contributed by atoms with Crippen LogP contribution in [0.25, 0.3) is 0 Å². The van der Waals surface area contributed by atoms with E-state index in [2.05, 4.69) is 5.32 Å². The van der Waals surface area contributed by atoms with Gasteiger partial charge in [0.1, 0.15) is 6.04 Å². The molecule has 0 aromatic heterocycles. The van der Waals surface area contributed by atoms with Gasteiger partial charge in [0.25, 0.3) is 11.8 Å². The first-order valence-electron chi connectivity index (χ1n) is 11.7. The standard InChI is InChI=1S/C26H25N3O6/c30-22-8-7-21(23(31)27-22)29-14-17-6-5-16(13-20(17)25(29)33)24(32)28-11-9-15(10-12-28)18-3-1-2-4-19(18)26(34)35/h1-6,13,15,21H,7-12,14H2,(H,34,35)(H,27,30,31). The summed E-state index contributed by atoms with van der Waals surface area (Å²) in [5.41, 5.74) is 2.66. The summed E-state index contributed by atoms with van der Waals surface area (Å²) >= 11 is 0. The molecule has 3 heterocycles. The molecule has 0 aliphatic carbocycles. The zero-order chi connectivity index (χ0) is 24.7. The van der Waals surface area contributed by atoms with Gasteiger partial charge in [0.05, 0.1) is 5.56 Å². The van der Waals surface area contributed by atoms with E-state index < -0.39 is 17.9 Å². The van der Waals surface area contributed by atoms with Crippen LogP contribution in [0.4, 0.5) is 0 Å². The van der Waals surface area contributed by atoms with Crippen molar-refractivity contribution >= 4 is 29.6 Å². The molecule has 2 aromatic rings. The predicted molar refractivity (Wildman–Crippen MR) is 124 cm³/mol. The molecule has 5 rings (SSSR count). The highest BCUT2D eigenvalue weighted by Gasteiger charge is 2.39. The van der Waals surface area contributed by atoms with Gasteiger partial charge in [-0.2, -0.15) is 0 Å². The Bertz CT molecular complexity index is 1250. The van der Waals surface area contributed by atoms with Crippen molar-refractivity contribution in [3.8, 4) is 0 Å². The number of amides is 4. The number of benzene rings is 2. The van der Waals surface area contributed by atoms with Gasteiger partial charge in [-0.15, -0.1) is 0 Å². The monoisotopic (exact) mass is 475 g/mol. The lowest BCUT2D eigenvalue weighted by Gasteiger charge is -2.33. The zero-order valence-electron chi connectivity index (χ0n) is 19.0. The minimum Gasteiger partial charge on any atom is -0.478 e. The smallest absolute Gasteiger partial charge is 0.335 e. The molecule has 2 N–H and O–H groups in total. The largest absolute Gasteiger partial charge is 0.478 e. The van der Waals surface area contributed by atoms with Crippen LogP contribution in [0.1, 0.15) is 73.8 Å². The van der Waals surface area contributed by atoms with E-state index in [1.807, 2.05) is 12.1 Å². The summed E-state index contributed by atoms with van der Waals surface area (Å²) in [4.78, 5) is 64.7. The highest BCUT2D eigenvalue weighted by Crippen LogP contribution is 2.32. The molecular formula is C26H25N3O6. The lowest BCUT2D eigenvalue weighted by atomic mass is 9.86. The van der Waals surface area contributed by atoms with Gasteiger partial charge in [0.2, 0.25) is 11.8 Å². The number of carbonyl (C=O) groups excluding carboxylic acids is 4. The molecule has 9 heteroatoms. The van der Waals surface area contributed by atoms with E-state index in [1.54, 1.807) is 35.2 Å². The van der Waals surface area contributed by atoms with Crippen molar-refractivity contribution in [2.24, 2.45) is 0 Å². The third kappa shape index (κ3) is 4.18. The molecule has 35 heavy (non-hydrogen) atoms. The lowest BCUT2D eigenvalue weighted by molar-refractivity contribution is -0.136. The number of carboxylic acids is 1. The SMILES string of the molecule is O=C1CCC(N2Cc3ccc(C(=O)N4CCC(c5ccccc5C(=O)O)CC4)cc3C2=O)C(=O)N1. The lowest BCUT2D eigenvalue weighted by Crippen LogP contribution is -2.52. The topological polar surface area (TPSA) is 124 Å². The summed E-state index contributed by atoms with van der Waals surface area (Å²) < 4.78 is 0. The minimum atomic E-state index is -0.951.